The Labute approximate surface area is 141 Å². The lowest BCUT2D eigenvalue weighted by atomic mass is 10.1. The van der Waals surface area contributed by atoms with Gasteiger partial charge in [-0.2, -0.15) is 0 Å². The summed E-state index contributed by atoms with van der Waals surface area (Å²) in [6, 6.07) is 6.28. The smallest absolute Gasteiger partial charge is 0.253 e. The summed E-state index contributed by atoms with van der Waals surface area (Å²) < 4.78 is 0. The summed E-state index contributed by atoms with van der Waals surface area (Å²) in [4.78, 5) is 28.4. The number of halogens is 1. The van der Waals surface area contributed by atoms with Crippen molar-refractivity contribution in [2.45, 2.75) is 6.42 Å². The van der Waals surface area contributed by atoms with E-state index in [1.54, 1.807) is 17.0 Å². The standard InChI is InChI=1S/C16H21N3O3.ClH/c20-14-3-1-12(2-4-14)15(21)18-7-9-19(10-8-18)16(22)13-5-6-17-11-13;/h1-4,13,17,20H,5-11H2;1H. The molecule has 23 heavy (non-hydrogen) atoms. The average molecular weight is 340 g/mol. The van der Waals surface area contributed by atoms with E-state index in [9.17, 15) is 14.7 Å². The van der Waals surface area contributed by atoms with E-state index in [0.717, 1.165) is 19.5 Å². The Morgan fingerprint density at radius 3 is 2.22 bits per heavy atom. The summed E-state index contributed by atoms with van der Waals surface area (Å²) in [6.45, 7) is 4.00. The molecular weight excluding hydrogens is 318 g/mol. The van der Waals surface area contributed by atoms with Crippen molar-refractivity contribution in [1.29, 1.82) is 0 Å². The first kappa shape index (κ1) is 17.6. The predicted molar refractivity (Wildman–Crippen MR) is 88.8 cm³/mol. The highest BCUT2D eigenvalue weighted by Gasteiger charge is 2.30. The quantitative estimate of drug-likeness (QED) is 0.832. The minimum atomic E-state index is -0.0466. The minimum absolute atomic E-state index is 0. The summed E-state index contributed by atoms with van der Waals surface area (Å²) in [5, 5.41) is 12.5. The van der Waals surface area contributed by atoms with Gasteiger partial charge in [0, 0.05) is 38.3 Å². The number of nitrogens with one attached hydrogen (secondary N) is 1. The molecule has 2 N–H and O–H groups in total. The molecule has 0 saturated carbocycles. The van der Waals surface area contributed by atoms with Gasteiger partial charge in [-0.3, -0.25) is 9.59 Å². The zero-order valence-electron chi connectivity index (χ0n) is 12.9. The molecule has 1 aromatic rings. The number of hydrogen-bond donors (Lipinski definition) is 2. The van der Waals surface area contributed by atoms with E-state index in [1.807, 2.05) is 4.90 Å². The zero-order valence-corrected chi connectivity index (χ0v) is 13.7. The lowest BCUT2D eigenvalue weighted by molar-refractivity contribution is -0.136. The van der Waals surface area contributed by atoms with Gasteiger partial charge < -0.3 is 20.2 Å². The number of aromatic hydroxyl groups is 1. The molecule has 0 spiro atoms. The maximum absolute atomic E-state index is 12.4. The van der Waals surface area contributed by atoms with Crippen molar-refractivity contribution in [3.05, 3.63) is 29.8 Å². The SMILES string of the molecule is Cl.O=C(c1ccc(O)cc1)N1CCN(C(=O)C2CCNC2)CC1. The van der Waals surface area contributed by atoms with Crippen LogP contribution in [0.2, 0.25) is 0 Å². The van der Waals surface area contributed by atoms with Gasteiger partial charge in [0.25, 0.3) is 5.91 Å². The largest absolute Gasteiger partial charge is 0.508 e. The maximum atomic E-state index is 12.4. The normalized spacial score (nSPS) is 21.0. The van der Waals surface area contributed by atoms with Crippen LogP contribution in [0, 0.1) is 5.92 Å². The van der Waals surface area contributed by atoms with Crippen molar-refractivity contribution in [3.63, 3.8) is 0 Å². The monoisotopic (exact) mass is 339 g/mol. The summed E-state index contributed by atoms with van der Waals surface area (Å²) in [7, 11) is 0. The molecule has 0 aliphatic carbocycles. The van der Waals surface area contributed by atoms with E-state index >= 15 is 0 Å². The lowest BCUT2D eigenvalue weighted by Gasteiger charge is -2.36. The Kier molecular flexibility index (Phi) is 5.85. The molecule has 6 nitrogen and oxygen atoms in total. The molecule has 1 aromatic carbocycles. The number of phenols is 1. The molecule has 3 rings (SSSR count). The summed E-state index contributed by atoms with van der Waals surface area (Å²) in [6.07, 6.45) is 0.908. The predicted octanol–water partition coefficient (Wildman–Crippen LogP) is 0.708. The van der Waals surface area contributed by atoms with Crippen LogP contribution in [0.5, 0.6) is 5.75 Å². The fraction of sp³-hybridized carbons (Fsp3) is 0.500. The molecule has 0 aromatic heterocycles. The molecule has 0 bridgehead atoms. The molecule has 126 valence electrons. The summed E-state index contributed by atoms with van der Waals surface area (Å²) in [5.74, 6) is 0.410. The molecule has 2 amide bonds. The Bertz CT molecular complexity index is 550. The third-order valence-corrected chi connectivity index (χ3v) is 4.40. The van der Waals surface area contributed by atoms with E-state index in [-0.39, 0.29) is 35.9 Å². The van der Waals surface area contributed by atoms with Crippen LogP contribution >= 0.6 is 12.4 Å². The topological polar surface area (TPSA) is 72.9 Å². The van der Waals surface area contributed by atoms with Gasteiger partial charge in [-0.1, -0.05) is 0 Å². The van der Waals surface area contributed by atoms with Crippen LogP contribution < -0.4 is 5.32 Å². The van der Waals surface area contributed by atoms with Crippen LogP contribution in [0.25, 0.3) is 0 Å². The van der Waals surface area contributed by atoms with Gasteiger partial charge in [-0.15, -0.1) is 12.4 Å². The summed E-state index contributed by atoms with van der Waals surface area (Å²) in [5.41, 5.74) is 0.567. The van der Waals surface area contributed by atoms with E-state index in [4.69, 9.17) is 0 Å². The van der Waals surface area contributed by atoms with Crippen LogP contribution in [0.1, 0.15) is 16.8 Å². The molecule has 1 atom stereocenters. The van der Waals surface area contributed by atoms with Crippen LogP contribution in [0.4, 0.5) is 0 Å². The van der Waals surface area contributed by atoms with Crippen LogP contribution in [-0.4, -0.2) is 66.0 Å². The van der Waals surface area contributed by atoms with Gasteiger partial charge in [0.2, 0.25) is 5.91 Å². The van der Waals surface area contributed by atoms with Gasteiger partial charge in [-0.25, -0.2) is 0 Å². The van der Waals surface area contributed by atoms with Crippen molar-refractivity contribution in [3.8, 4) is 5.75 Å². The fourth-order valence-electron chi connectivity index (χ4n) is 3.04. The van der Waals surface area contributed by atoms with Crippen LogP contribution in [-0.2, 0) is 4.79 Å². The molecule has 2 aliphatic heterocycles. The Morgan fingerprint density at radius 1 is 1.04 bits per heavy atom. The average Bonchev–Trinajstić information content (AvgIpc) is 3.09. The molecular formula is C16H22ClN3O3. The number of piperazine rings is 1. The molecule has 1 unspecified atom stereocenters. The zero-order chi connectivity index (χ0) is 15.5. The molecule has 7 heteroatoms. The van der Waals surface area contributed by atoms with Crippen LogP contribution in [0.15, 0.2) is 24.3 Å². The first-order chi connectivity index (χ1) is 10.6. The maximum Gasteiger partial charge on any atom is 0.253 e. The van der Waals surface area contributed by atoms with Crippen molar-refractivity contribution < 1.29 is 14.7 Å². The number of benzene rings is 1. The third-order valence-electron chi connectivity index (χ3n) is 4.40. The third kappa shape index (κ3) is 3.95. The van der Waals surface area contributed by atoms with Gasteiger partial charge >= 0.3 is 0 Å². The second kappa shape index (κ2) is 7.66. The molecule has 2 aliphatic rings. The fourth-order valence-corrected chi connectivity index (χ4v) is 3.04. The Hall–Kier alpha value is -1.79. The molecule has 2 heterocycles. The Morgan fingerprint density at radius 2 is 1.65 bits per heavy atom. The lowest BCUT2D eigenvalue weighted by Crippen LogP contribution is -2.52. The van der Waals surface area contributed by atoms with E-state index in [0.29, 0.717) is 31.7 Å². The highest BCUT2D eigenvalue weighted by molar-refractivity contribution is 5.94. The number of carbonyl (C=O) groups excluding carboxylic acids is 2. The number of phenolic OH excluding ortho intramolecular Hbond substituents is 1. The number of carbonyl (C=O) groups is 2. The summed E-state index contributed by atoms with van der Waals surface area (Å²) >= 11 is 0. The second-order valence-corrected chi connectivity index (χ2v) is 5.85. The van der Waals surface area contributed by atoms with Crippen molar-refractivity contribution in [1.82, 2.24) is 15.1 Å². The van der Waals surface area contributed by atoms with Crippen molar-refractivity contribution >= 4 is 24.2 Å². The highest BCUT2D eigenvalue weighted by atomic mass is 35.5. The minimum Gasteiger partial charge on any atom is -0.508 e. The van der Waals surface area contributed by atoms with E-state index in [1.165, 1.54) is 12.1 Å². The van der Waals surface area contributed by atoms with Gasteiger partial charge in [0.1, 0.15) is 5.75 Å². The number of hydrogen-bond acceptors (Lipinski definition) is 4. The van der Waals surface area contributed by atoms with Gasteiger partial charge in [0.15, 0.2) is 0 Å². The number of rotatable bonds is 2. The molecule has 0 radical (unpaired) electrons. The first-order valence-corrected chi connectivity index (χ1v) is 7.73. The molecule has 2 saturated heterocycles. The highest BCUT2D eigenvalue weighted by Crippen LogP contribution is 2.16. The Balaban J connectivity index is 0.00000192. The molecule has 2 fully saturated rings. The first-order valence-electron chi connectivity index (χ1n) is 7.73. The van der Waals surface area contributed by atoms with E-state index < -0.39 is 0 Å². The van der Waals surface area contributed by atoms with Crippen molar-refractivity contribution in [2.75, 3.05) is 39.3 Å². The van der Waals surface area contributed by atoms with Crippen molar-refractivity contribution in [2.24, 2.45) is 5.92 Å². The second-order valence-electron chi connectivity index (χ2n) is 5.85. The van der Waals surface area contributed by atoms with Gasteiger partial charge in [0.05, 0.1) is 5.92 Å². The van der Waals surface area contributed by atoms with Crippen LogP contribution in [0.3, 0.4) is 0 Å². The van der Waals surface area contributed by atoms with Gasteiger partial charge in [-0.05, 0) is 37.2 Å². The number of amides is 2. The van der Waals surface area contributed by atoms with E-state index in [2.05, 4.69) is 5.32 Å². The number of nitrogens with zero attached hydrogens (tertiary/aromatic N) is 2.